The van der Waals surface area contributed by atoms with Gasteiger partial charge in [0.25, 0.3) is 0 Å². The number of aliphatic carboxylic acids is 1. The largest absolute Gasteiger partial charge is 0.480 e. The second kappa shape index (κ2) is 45.8. The molecular formula is C50H96NO10P. The lowest BCUT2D eigenvalue weighted by Crippen LogP contribution is -2.34. The number of unbranched alkanes of at least 4 members (excludes halogenated alkanes) is 33. The summed E-state index contributed by atoms with van der Waals surface area (Å²) >= 11 is 0. The van der Waals surface area contributed by atoms with E-state index in [1.807, 2.05) is 0 Å². The molecule has 3 atom stereocenters. The molecule has 366 valence electrons. The summed E-state index contributed by atoms with van der Waals surface area (Å²) in [6.45, 7) is 2.84. The Morgan fingerprint density at radius 3 is 1.19 bits per heavy atom. The average molecular weight is 902 g/mol. The monoisotopic (exact) mass is 902 g/mol. The van der Waals surface area contributed by atoms with Crippen molar-refractivity contribution in [1.29, 1.82) is 0 Å². The molecule has 0 saturated heterocycles. The summed E-state index contributed by atoms with van der Waals surface area (Å²) in [5, 5.41) is 8.92. The number of nitrogens with two attached hydrogens (primary N) is 1. The van der Waals surface area contributed by atoms with Gasteiger partial charge in [0, 0.05) is 12.8 Å². The van der Waals surface area contributed by atoms with Gasteiger partial charge in [0.05, 0.1) is 13.2 Å². The van der Waals surface area contributed by atoms with Crippen molar-refractivity contribution in [3.63, 3.8) is 0 Å². The third-order valence-electron chi connectivity index (χ3n) is 11.5. The average Bonchev–Trinajstić information content (AvgIpc) is 3.25. The number of ether oxygens (including phenoxy) is 2. The molecular weight excluding hydrogens is 806 g/mol. The first-order chi connectivity index (χ1) is 30.1. The summed E-state index contributed by atoms with van der Waals surface area (Å²) in [5.74, 6) is -2.36. The van der Waals surface area contributed by atoms with Crippen molar-refractivity contribution in [2.45, 2.75) is 270 Å². The molecule has 0 rings (SSSR count). The first-order valence-corrected chi connectivity index (χ1v) is 27.2. The molecule has 0 aromatic rings. The summed E-state index contributed by atoms with van der Waals surface area (Å²) < 4.78 is 32.8. The Balaban J connectivity index is 4.17. The maximum Gasteiger partial charge on any atom is 0.472 e. The molecule has 4 N–H and O–H groups in total. The third-order valence-corrected chi connectivity index (χ3v) is 12.5. The fourth-order valence-corrected chi connectivity index (χ4v) is 8.25. The van der Waals surface area contributed by atoms with Crippen molar-refractivity contribution in [3.8, 4) is 0 Å². The van der Waals surface area contributed by atoms with Crippen LogP contribution in [0.5, 0.6) is 0 Å². The SMILES string of the molecule is CCCCCC/C=C/CCCCCCCCCC(=O)OC[C@@H](COP(=O)(O)OC[C@H](N)C(=O)O)OC(=O)CCCCCCCCCCCCCCCCCCCCCCCCC. The van der Waals surface area contributed by atoms with Gasteiger partial charge in [0.15, 0.2) is 6.10 Å². The highest BCUT2D eigenvalue weighted by molar-refractivity contribution is 7.47. The van der Waals surface area contributed by atoms with Crippen LogP contribution in [0.2, 0.25) is 0 Å². The topological polar surface area (TPSA) is 172 Å². The van der Waals surface area contributed by atoms with Crippen LogP contribution in [0.1, 0.15) is 258 Å². The van der Waals surface area contributed by atoms with E-state index in [9.17, 15) is 23.8 Å². The fourth-order valence-electron chi connectivity index (χ4n) is 7.47. The smallest absolute Gasteiger partial charge is 0.472 e. The number of allylic oxidation sites excluding steroid dienone is 2. The van der Waals surface area contributed by atoms with Crippen molar-refractivity contribution < 1.29 is 47.5 Å². The summed E-state index contributed by atoms with van der Waals surface area (Å²) in [4.78, 5) is 46.1. The number of carboxylic acid groups (broad SMARTS) is 1. The zero-order chi connectivity index (χ0) is 45.6. The summed E-state index contributed by atoms with van der Waals surface area (Å²) in [6.07, 6.45) is 48.5. The zero-order valence-electron chi connectivity index (χ0n) is 40.0. The molecule has 12 heteroatoms. The van der Waals surface area contributed by atoms with Crippen LogP contribution in [0.4, 0.5) is 0 Å². The highest BCUT2D eigenvalue weighted by Gasteiger charge is 2.28. The highest BCUT2D eigenvalue weighted by atomic mass is 31.2. The third kappa shape index (κ3) is 44.8. The van der Waals surface area contributed by atoms with E-state index in [0.717, 1.165) is 44.9 Å². The number of hydrogen-bond donors (Lipinski definition) is 3. The van der Waals surface area contributed by atoms with Gasteiger partial charge in [-0.25, -0.2) is 4.57 Å². The van der Waals surface area contributed by atoms with Crippen molar-refractivity contribution in [3.05, 3.63) is 12.2 Å². The first kappa shape index (κ1) is 60.2. The second-order valence-corrected chi connectivity index (χ2v) is 19.1. The van der Waals surface area contributed by atoms with Gasteiger partial charge >= 0.3 is 25.7 Å². The van der Waals surface area contributed by atoms with Crippen LogP contribution < -0.4 is 5.73 Å². The molecule has 0 bridgehead atoms. The number of carboxylic acids is 1. The van der Waals surface area contributed by atoms with Crippen molar-refractivity contribution in [2.75, 3.05) is 19.8 Å². The number of esters is 2. The molecule has 0 amide bonds. The quantitative estimate of drug-likeness (QED) is 0.0230. The molecule has 0 aliphatic heterocycles. The fraction of sp³-hybridized carbons (Fsp3) is 0.900. The van der Waals surface area contributed by atoms with Gasteiger partial charge in [-0.1, -0.05) is 219 Å². The van der Waals surface area contributed by atoms with Gasteiger partial charge in [-0.2, -0.15) is 0 Å². The maximum absolute atomic E-state index is 12.7. The predicted octanol–water partition coefficient (Wildman–Crippen LogP) is 14.4. The first-order valence-electron chi connectivity index (χ1n) is 25.7. The molecule has 0 radical (unpaired) electrons. The molecule has 0 aliphatic rings. The molecule has 1 unspecified atom stereocenters. The Kier molecular flexibility index (Phi) is 44.5. The Morgan fingerprint density at radius 1 is 0.484 bits per heavy atom. The molecule has 0 spiro atoms. The lowest BCUT2D eigenvalue weighted by atomic mass is 10.0. The van der Waals surface area contributed by atoms with Crippen LogP contribution in [0.3, 0.4) is 0 Å². The molecule has 62 heavy (non-hydrogen) atoms. The number of carbonyl (C=O) groups is 3. The van der Waals surface area contributed by atoms with E-state index in [1.54, 1.807) is 0 Å². The minimum atomic E-state index is -4.72. The Hall–Kier alpha value is -1.78. The zero-order valence-corrected chi connectivity index (χ0v) is 40.9. The number of phosphoric ester groups is 1. The van der Waals surface area contributed by atoms with E-state index >= 15 is 0 Å². The Morgan fingerprint density at radius 2 is 0.806 bits per heavy atom. The van der Waals surface area contributed by atoms with Gasteiger partial charge in [-0.15, -0.1) is 0 Å². The lowest BCUT2D eigenvalue weighted by molar-refractivity contribution is -0.161. The van der Waals surface area contributed by atoms with Crippen LogP contribution in [0, 0.1) is 0 Å². The van der Waals surface area contributed by atoms with Crippen LogP contribution in [-0.2, 0) is 37.5 Å². The van der Waals surface area contributed by atoms with E-state index in [0.29, 0.717) is 12.8 Å². The van der Waals surface area contributed by atoms with Crippen LogP contribution in [-0.4, -0.2) is 59.9 Å². The van der Waals surface area contributed by atoms with E-state index in [1.165, 1.54) is 173 Å². The number of rotatable bonds is 49. The van der Waals surface area contributed by atoms with Crippen LogP contribution >= 0.6 is 7.82 Å². The Bertz CT molecular complexity index is 1110. The van der Waals surface area contributed by atoms with Gasteiger partial charge in [0.1, 0.15) is 12.6 Å². The number of hydrogen-bond acceptors (Lipinski definition) is 9. The summed E-state index contributed by atoms with van der Waals surface area (Å²) in [6, 6.07) is -1.52. The molecule has 0 aromatic carbocycles. The highest BCUT2D eigenvalue weighted by Crippen LogP contribution is 2.43. The lowest BCUT2D eigenvalue weighted by Gasteiger charge is -2.20. The molecule has 0 aromatic heterocycles. The Labute approximate surface area is 379 Å². The number of carbonyl (C=O) groups excluding carboxylic acids is 2. The van der Waals surface area contributed by atoms with Crippen LogP contribution in [0.25, 0.3) is 0 Å². The molecule has 0 fully saturated rings. The van der Waals surface area contributed by atoms with E-state index < -0.39 is 51.1 Å². The number of phosphoric acid groups is 1. The minimum Gasteiger partial charge on any atom is -0.480 e. The predicted molar refractivity (Wildman–Crippen MR) is 254 cm³/mol. The molecule has 0 aliphatic carbocycles. The summed E-state index contributed by atoms with van der Waals surface area (Å²) in [7, 11) is -4.72. The van der Waals surface area contributed by atoms with Gasteiger partial charge in [0.2, 0.25) is 0 Å². The van der Waals surface area contributed by atoms with Crippen LogP contribution in [0.15, 0.2) is 12.2 Å². The van der Waals surface area contributed by atoms with Crippen molar-refractivity contribution in [2.24, 2.45) is 5.73 Å². The standard InChI is InChI=1S/C50H96NO10P/c1-3-5-7-9-11-13-15-17-19-20-21-22-23-24-25-26-28-30-32-34-36-38-40-42-49(53)61-46(44-59-62(56,57)60-45-47(51)50(54)55)43-58-48(52)41-39-37-35-33-31-29-27-18-16-14-12-10-8-6-4-2/h14,16,46-47H,3-13,15,17-45,51H2,1-2H3,(H,54,55)(H,56,57)/b16-14+/t46-,47-/m0/s1. The van der Waals surface area contributed by atoms with Gasteiger partial charge in [-0.3, -0.25) is 23.4 Å². The van der Waals surface area contributed by atoms with Gasteiger partial charge in [-0.05, 0) is 38.5 Å². The summed E-state index contributed by atoms with van der Waals surface area (Å²) in [5.41, 5.74) is 5.35. The second-order valence-electron chi connectivity index (χ2n) is 17.7. The van der Waals surface area contributed by atoms with E-state index in [-0.39, 0.29) is 19.4 Å². The normalized spacial score (nSPS) is 13.6. The minimum absolute atomic E-state index is 0.167. The van der Waals surface area contributed by atoms with Crippen molar-refractivity contribution >= 4 is 25.7 Å². The van der Waals surface area contributed by atoms with Crippen molar-refractivity contribution in [1.82, 2.24) is 0 Å². The molecule has 11 nitrogen and oxygen atoms in total. The molecule has 0 saturated carbocycles. The van der Waals surface area contributed by atoms with Gasteiger partial charge < -0.3 is 25.2 Å². The maximum atomic E-state index is 12.7. The van der Waals surface area contributed by atoms with E-state index in [4.69, 9.17) is 24.8 Å². The van der Waals surface area contributed by atoms with E-state index in [2.05, 4.69) is 30.5 Å². The molecule has 0 heterocycles.